The normalized spacial score (nSPS) is 29.4. The van der Waals surface area contributed by atoms with Gasteiger partial charge in [0.1, 0.15) is 6.67 Å². The molecule has 2 nitrogen and oxygen atoms in total. The lowest BCUT2D eigenvalue weighted by atomic mass is 10.0. The minimum Gasteiger partial charge on any atom is -0.312 e. The first-order valence-electron chi connectivity index (χ1n) is 5.93. The van der Waals surface area contributed by atoms with Gasteiger partial charge in [0.2, 0.25) is 0 Å². The maximum atomic E-state index is 12.3. The summed E-state index contributed by atoms with van der Waals surface area (Å²) >= 11 is 0. The first-order valence-corrected chi connectivity index (χ1v) is 5.93. The van der Waals surface area contributed by atoms with Crippen molar-refractivity contribution < 1.29 is 4.39 Å². The Morgan fingerprint density at radius 3 is 2.79 bits per heavy atom. The molecule has 2 aliphatic rings. The molecule has 0 radical (unpaired) electrons. The van der Waals surface area contributed by atoms with Gasteiger partial charge in [-0.1, -0.05) is 6.42 Å². The summed E-state index contributed by atoms with van der Waals surface area (Å²) < 4.78 is 12.3. The van der Waals surface area contributed by atoms with Crippen molar-refractivity contribution in [1.29, 1.82) is 0 Å². The van der Waals surface area contributed by atoms with Crippen LogP contribution in [0.25, 0.3) is 0 Å². The number of rotatable bonds is 5. The Morgan fingerprint density at radius 1 is 1.21 bits per heavy atom. The fourth-order valence-electron chi connectivity index (χ4n) is 2.28. The molecular weight excluding hydrogens is 179 g/mol. The molecule has 0 amide bonds. The van der Waals surface area contributed by atoms with Gasteiger partial charge in [0, 0.05) is 25.2 Å². The van der Waals surface area contributed by atoms with Crippen LogP contribution in [0.15, 0.2) is 0 Å². The first kappa shape index (κ1) is 10.4. The van der Waals surface area contributed by atoms with Crippen molar-refractivity contribution in [3.63, 3.8) is 0 Å². The molecule has 0 aromatic rings. The molecule has 0 spiro atoms. The van der Waals surface area contributed by atoms with Gasteiger partial charge in [0.15, 0.2) is 0 Å². The molecule has 1 saturated heterocycles. The summed E-state index contributed by atoms with van der Waals surface area (Å²) in [6, 6.07) is 1.38. The van der Waals surface area contributed by atoms with E-state index in [-0.39, 0.29) is 6.67 Å². The van der Waals surface area contributed by atoms with E-state index in [2.05, 4.69) is 10.2 Å². The van der Waals surface area contributed by atoms with Gasteiger partial charge in [-0.25, -0.2) is 4.39 Å². The highest BCUT2D eigenvalue weighted by atomic mass is 19.1. The van der Waals surface area contributed by atoms with Gasteiger partial charge in [-0.05, 0) is 32.2 Å². The Labute approximate surface area is 85.9 Å². The van der Waals surface area contributed by atoms with E-state index >= 15 is 0 Å². The second-order valence-electron chi connectivity index (χ2n) is 4.56. The van der Waals surface area contributed by atoms with Crippen LogP contribution in [0.4, 0.5) is 4.39 Å². The van der Waals surface area contributed by atoms with Crippen molar-refractivity contribution in [3.05, 3.63) is 0 Å². The molecule has 3 heteroatoms. The third-order valence-corrected chi connectivity index (χ3v) is 3.34. The van der Waals surface area contributed by atoms with Crippen molar-refractivity contribution in [3.8, 4) is 0 Å². The Morgan fingerprint density at radius 2 is 2.07 bits per heavy atom. The lowest BCUT2D eigenvalue weighted by molar-refractivity contribution is 0.135. The van der Waals surface area contributed by atoms with Crippen LogP contribution in [-0.4, -0.2) is 43.3 Å². The summed E-state index contributed by atoms with van der Waals surface area (Å²) in [5.74, 6) is 0. The van der Waals surface area contributed by atoms with Gasteiger partial charge in [-0.3, -0.25) is 4.90 Å². The molecule has 1 saturated carbocycles. The molecule has 0 bridgehead atoms. The summed E-state index contributed by atoms with van der Waals surface area (Å²) in [5, 5.41) is 3.55. The predicted molar refractivity (Wildman–Crippen MR) is 56.2 cm³/mol. The van der Waals surface area contributed by atoms with Crippen LogP contribution >= 0.6 is 0 Å². The lowest BCUT2D eigenvalue weighted by Gasteiger charge is -2.35. The summed E-state index contributed by atoms with van der Waals surface area (Å²) in [7, 11) is 0. The number of nitrogens with zero attached hydrogens (tertiary/aromatic N) is 1. The third-order valence-electron chi connectivity index (χ3n) is 3.34. The van der Waals surface area contributed by atoms with E-state index in [0.29, 0.717) is 12.6 Å². The molecule has 14 heavy (non-hydrogen) atoms. The van der Waals surface area contributed by atoms with Crippen molar-refractivity contribution in [1.82, 2.24) is 10.2 Å². The van der Waals surface area contributed by atoms with Gasteiger partial charge < -0.3 is 5.32 Å². The molecule has 1 aliphatic carbocycles. The van der Waals surface area contributed by atoms with E-state index in [9.17, 15) is 4.39 Å². The van der Waals surface area contributed by atoms with Gasteiger partial charge in [0.05, 0.1) is 0 Å². The minimum absolute atomic E-state index is 0.195. The topological polar surface area (TPSA) is 15.3 Å². The number of likely N-dealkylation sites (tertiary alicyclic amines) is 1. The summed E-state index contributed by atoms with van der Waals surface area (Å²) in [6.07, 6.45) is 6.51. The number of nitrogens with one attached hydrogen (secondary N) is 1. The van der Waals surface area contributed by atoms with Gasteiger partial charge >= 0.3 is 0 Å². The summed E-state index contributed by atoms with van der Waals surface area (Å²) in [5.41, 5.74) is 0. The van der Waals surface area contributed by atoms with Gasteiger partial charge in [-0.2, -0.15) is 0 Å². The number of hydrogen-bond acceptors (Lipinski definition) is 2. The first-order chi connectivity index (χ1) is 6.90. The minimum atomic E-state index is -0.195. The summed E-state index contributed by atoms with van der Waals surface area (Å²) in [4.78, 5) is 2.32. The Hall–Kier alpha value is -0.150. The lowest BCUT2D eigenvalue weighted by Crippen LogP contribution is -2.46. The molecular formula is C11H21FN2. The largest absolute Gasteiger partial charge is 0.312 e. The third kappa shape index (κ3) is 2.92. The predicted octanol–water partition coefficient (Wildman–Crippen LogP) is 1.56. The van der Waals surface area contributed by atoms with Crippen LogP contribution < -0.4 is 5.32 Å². The second-order valence-corrected chi connectivity index (χ2v) is 4.56. The van der Waals surface area contributed by atoms with Crippen molar-refractivity contribution in [2.24, 2.45) is 0 Å². The van der Waals surface area contributed by atoms with E-state index in [0.717, 1.165) is 19.1 Å². The van der Waals surface area contributed by atoms with Crippen LogP contribution in [0.1, 0.15) is 32.1 Å². The number of alkyl halides is 1. The van der Waals surface area contributed by atoms with E-state index < -0.39 is 0 Å². The zero-order valence-electron chi connectivity index (χ0n) is 8.84. The van der Waals surface area contributed by atoms with E-state index in [1.165, 1.54) is 32.1 Å². The van der Waals surface area contributed by atoms with Crippen LogP contribution in [0.5, 0.6) is 0 Å². The monoisotopic (exact) mass is 200 g/mol. The molecule has 1 atom stereocenters. The van der Waals surface area contributed by atoms with Crippen LogP contribution in [0.2, 0.25) is 0 Å². The fraction of sp³-hybridized carbons (Fsp3) is 1.00. The van der Waals surface area contributed by atoms with Crippen LogP contribution in [0, 0.1) is 0 Å². The Kier molecular flexibility index (Phi) is 3.76. The average Bonchev–Trinajstić information content (AvgIpc) is 3.01. The fourth-order valence-corrected chi connectivity index (χ4v) is 2.28. The molecule has 1 aliphatic heterocycles. The Balaban J connectivity index is 1.72. The maximum Gasteiger partial charge on any atom is 0.102 e. The van der Waals surface area contributed by atoms with Crippen LogP contribution in [-0.2, 0) is 0 Å². The quantitative estimate of drug-likeness (QED) is 0.724. The highest BCUT2D eigenvalue weighted by Crippen LogP contribution is 2.21. The Bertz CT molecular complexity index is 169. The highest BCUT2D eigenvalue weighted by molar-refractivity contribution is 4.85. The van der Waals surface area contributed by atoms with E-state index in [4.69, 9.17) is 0 Å². The molecule has 1 heterocycles. The van der Waals surface area contributed by atoms with E-state index in [1.54, 1.807) is 0 Å². The van der Waals surface area contributed by atoms with Crippen LogP contribution in [0.3, 0.4) is 0 Å². The maximum absolute atomic E-state index is 12.3. The van der Waals surface area contributed by atoms with Gasteiger partial charge in [0.25, 0.3) is 0 Å². The second kappa shape index (κ2) is 5.08. The molecule has 1 unspecified atom stereocenters. The molecule has 0 aromatic carbocycles. The standard InChI is InChI=1S/C11H21FN2/c12-6-8-14-7-2-1-3-11(14)9-13-10-4-5-10/h10-11,13H,1-9H2. The molecule has 1 N–H and O–H groups in total. The molecule has 0 aromatic heterocycles. The smallest absolute Gasteiger partial charge is 0.102 e. The average molecular weight is 200 g/mol. The number of hydrogen-bond donors (Lipinski definition) is 1. The van der Waals surface area contributed by atoms with E-state index in [1.807, 2.05) is 0 Å². The van der Waals surface area contributed by atoms with Gasteiger partial charge in [-0.15, -0.1) is 0 Å². The van der Waals surface area contributed by atoms with Crippen molar-refractivity contribution in [2.75, 3.05) is 26.3 Å². The number of piperidine rings is 1. The zero-order valence-corrected chi connectivity index (χ0v) is 8.84. The number of halogens is 1. The summed E-state index contributed by atoms with van der Waals surface area (Å²) in [6.45, 7) is 2.61. The highest BCUT2D eigenvalue weighted by Gasteiger charge is 2.25. The molecule has 2 fully saturated rings. The SMILES string of the molecule is FCCN1CCCCC1CNC1CC1. The zero-order chi connectivity index (χ0) is 9.80. The molecule has 2 rings (SSSR count). The van der Waals surface area contributed by atoms with Crippen molar-refractivity contribution >= 4 is 0 Å². The molecule has 82 valence electrons. The van der Waals surface area contributed by atoms with Crippen molar-refractivity contribution in [2.45, 2.75) is 44.2 Å².